The van der Waals surface area contributed by atoms with E-state index in [1.165, 1.54) is 0 Å². The molecule has 0 unspecified atom stereocenters. The average Bonchev–Trinajstić information content (AvgIpc) is 2.22. The van der Waals surface area contributed by atoms with Crippen molar-refractivity contribution in [3.8, 4) is 0 Å². The molecule has 0 atom stereocenters. The predicted molar refractivity (Wildman–Crippen MR) is 67.3 cm³/mol. The highest BCUT2D eigenvalue weighted by Crippen LogP contribution is 1.90. The van der Waals surface area contributed by atoms with Crippen molar-refractivity contribution >= 4 is 5.96 Å². The first-order valence-electron chi connectivity index (χ1n) is 5.37. The van der Waals surface area contributed by atoms with Crippen LogP contribution in [0.25, 0.3) is 0 Å². The Labute approximate surface area is 93.5 Å². The fourth-order valence-electron chi connectivity index (χ4n) is 0.998. The van der Waals surface area contributed by atoms with Crippen LogP contribution >= 0.6 is 0 Å². The predicted octanol–water partition coefficient (Wildman–Crippen LogP) is 0.678. The molecule has 15 heavy (non-hydrogen) atoms. The molecular formula is C11H24N4. The van der Waals surface area contributed by atoms with Crippen LogP contribution in [0.3, 0.4) is 0 Å². The monoisotopic (exact) mass is 212 g/mol. The van der Waals surface area contributed by atoms with Crippen LogP contribution in [-0.2, 0) is 0 Å². The lowest BCUT2D eigenvalue weighted by molar-refractivity contribution is 0.278. The Morgan fingerprint density at radius 1 is 1.47 bits per heavy atom. The highest BCUT2D eigenvalue weighted by Gasteiger charge is 2.02. The summed E-state index contributed by atoms with van der Waals surface area (Å²) in [5.41, 5.74) is 0. The van der Waals surface area contributed by atoms with Crippen LogP contribution < -0.4 is 10.6 Å². The van der Waals surface area contributed by atoms with Gasteiger partial charge >= 0.3 is 0 Å². The van der Waals surface area contributed by atoms with Crippen molar-refractivity contribution in [2.45, 2.75) is 19.9 Å². The minimum Gasteiger partial charge on any atom is -0.355 e. The van der Waals surface area contributed by atoms with Gasteiger partial charge in [-0.2, -0.15) is 0 Å². The number of hydrogen-bond acceptors (Lipinski definition) is 2. The van der Waals surface area contributed by atoms with Gasteiger partial charge in [-0.15, -0.1) is 6.58 Å². The van der Waals surface area contributed by atoms with Crippen LogP contribution in [0.1, 0.15) is 13.8 Å². The minimum atomic E-state index is 0.579. The molecule has 0 amide bonds. The Morgan fingerprint density at radius 3 is 2.60 bits per heavy atom. The summed E-state index contributed by atoms with van der Waals surface area (Å²) in [6, 6.07) is 0.579. The number of guanidine groups is 1. The molecule has 0 aliphatic carbocycles. The van der Waals surface area contributed by atoms with E-state index in [1.807, 2.05) is 6.08 Å². The SMILES string of the molecule is C=CCNC(=NC)NCCN(C)C(C)C. The summed E-state index contributed by atoms with van der Waals surface area (Å²) in [6.45, 7) is 10.7. The first-order chi connectivity index (χ1) is 7.11. The highest BCUT2D eigenvalue weighted by atomic mass is 15.2. The number of rotatable bonds is 6. The van der Waals surface area contributed by atoms with Gasteiger partial charge in [-0.1, -0.05) is 6.08 Å². The van der Waals surface area contributed by atoms with Gasteiger partial charge in [0.25, 0.3) is 0 Å². The van der Waals surface area contributed by atoms with Crippen LogP contribution in [0, 0.1) is 0 Å². The molecule has 0 saturated heterocycles. The lowest BCUT2D eigenvalue weighted by Crippen LogP contribution is -2.42. The highest BCUT2D eigenvalue weighted by molar-refractivity contribution is 5.79. The second-order valence-electron chi connectivity index (χ2n) is 3.74. The minimum absolute atomic E-state index is 0.579. The van der Waals surface area contributed by atoms with Crippen LogP contribution in [-0.4, -0.2) is 50.6 Å². The third kappa shape index (κ3) is 6.96. The molecule has 0 aromatic rings. The third-order valence-electron chi connectivity index (χ3n) is 2.28. The van der Waals surface area contributed by atoms with Gasteiger partial charge in [0.1, 0.15) is 0 Å². The Morgan fingerprint density at radius 2 is 2.13 bits per heavy atom. The maximum atomic E-state index is 4.10. The third-order valence-corrected chi connectivity index (χ3v) is 2.28. The molecule has 2 N–H and O–H groups in total. The summed E-state index contributed by atoms with van der Waals surface area (Å²) < 4.78 is 0. The van der Waals surface area contributed by atoms with E-state index < -0.39 is 0 Å². The van der Waals surface area contributed by atoms with E-state index in [-0.39, 0.29) is 0 Å². The zero-order valence-electron chi connectivity index (χ0n) is 10.4. The van der Waals surface area contributed by atoms with Crippen molar-refractivity contribution in [3.63, 3.8) is 0 Å². The largest absolute Gasteiger partial charge is 0.355 e. The number of nitrogens with zero attached hydrogens (tertiary/aromatic N) is 2. The molecular weight excluding hydrogens is 188 g/mol. The van der Waals surface area contributed by atoms with Gasteiger partial charge in [0.05, 0.1) is 0 Å². The molecule has 0 fully saturated rings. The Kier molecular flexibility index (Phi) is 7.72. The van der Waals surface area contributed by atoms with Crippen molar-refractivity contribution in [1.29, 1.82) is 0 Å². The quantitative estimate of drug-likeness (QED) is 0.386. The van der Waals surface area contributed by atoms with Crippen LogP contribution in [0.15, 0.2) is 17.6 Å². The van der Waals surface area contributed by atoms with Gasteiger partial charge < -0.3 is 15.5 Å². The van der Waals surface area contributed by atoms with Gasteiger partial charge in [0, 0.05) is 32.7 Å². The fraction of sp³-hybridized carbons (Fsp3) is 0.727. The Hall–Kier alpha value is -1.03. The molecule has 0 radical (unpaired) electrons. The molecule has 0 saturated carbocycles. The van der Waals surface area contributed by atoms with Crippen molar-refractivity contribution in [2.24, 2.45) is 4.99 Å². The Bertz CT molecular complexity index is 199. The van der Waals surface area contributed by atoms with E-state index in [2.05, 4.69) is 48.0 Å². The standard InChI is InChI=1S/C11H24N4/c1-6-7-13-11(12-4)14-8-9-15(5)10(2)3/h6,10H,1,7-9H2,2-5H3,(H2,12,13,14). The van der Waals surface area contributed by atoms with Crippen LogP contribution in [0.5, 0.6) is 0 Å². The summed E-state index contributed by atoms with van der Waals surface area (Å²) in [6.07, 6.45) is 1.81. The van der Waals surface area contributed by atoms with Gasteiger partial charge in [-0.3, -0.25) is 4.99 Å². The first-order valence-corrected chi connectivity index (χ1v) is 5.37. The normalized spacial score (nSPS) is 12.0. The van der Waals surface area contributed by atoms with Gasteiger partial charge in [-0.05, 0) is 20.9 Å². The van der Waals surface area contributed by atoms with Crippen LogP contribution in [0.2, 0.25) is 0 Å². The van der Waals surface area contributed by atoms with E-state index in [0.29, 0.717) is 6.04 Å². The van der Waals surface area contributed by atoms with E-state index in [1.54, 1.807) is 7.05 Å². The van der Waals surface area contributed by atoms with Crippen molar-refractivity contribution in [3.05, 3.63) is 12.7 Å². The summed E-state index contributed by atoms with van der Waals surface area (Å²) in [5.74, 6) is 0.826. The maximum Gasteiger partial charge on any atom is 0.191 e. The lowest BCUT2D eigenvalue weighted by Gasteiger charge is -2.21. The molecule has 0 heterocycles. The van der Waals surface area contributed by atoms with Crippen molar-refractivity contribution in [2.75, 3.05) is 33.7 Å². The topological polar surface area (TPSA) is 39.7 Å². The first kappa shape index (κ1) is 14.0. The van der Waals surface area contributed by atoms with Crippen molar-refractivity contribution in [1.82, 2.24) is 15.5 Å². The number of nitrogens with one attached hydrogen (secondary N) is 2. The zero-order chi connectivity index (χ0) is 11.7. The van der Waals surface area contributed by atoms with E-state index in [0.717, 1.165) is 25.6 Å². The van der Waals surface area contributed by atoms with Gasteiger partial charge in [-0.25, -0.2) is 0 Å². The zero-order valence-corrected chi connectivity index (χ0v) is 10.4. The Balaban J connectivity index is 3.68. The molecule has 88 valence electrons. The molecule has 4 nitrogen and oxygen atoms in total. The lowest BCUT2D eigenvalue weighted by atomic mass is 10.3. The summed E-state index contributed by atoms with van der Waals surface area (Å²) >= 11 is 0. The fourth-order valence-corrected chi connectivity index (χ4v) is 0.998. The van der Waals surface area contributed by atoms with Gasteiger partial charge in [0.15, 0.2) is 5.96 Å². The molecule has 0 bridgehead atoms. The molecule has 4 heteroatoms. The average molecular weight is 212 g/mol. The van der Waals surface area contributed by atoms with Crippen LogP contribution in [0.4, 0.5) is 0 Å². The molecule has 0 aliphatic rings. The number of likely N-dealkylation sites (N-methyl/N-ethyl adjacent to an activating group) is 1. The molecule has 0 aromatic carbocycles. The number of aliphatic imine (C=N–C) groups is 1. The molecule has 0 aliphatic heterocycles. The maximum absolute atomic E-state index is 4.10. The van der Waals surface area contributed by atoms with Gasteiger partial charge in [0.2, 0.25) is 0 Å². The summed E-state index contributed by atoms with van der Waals surface area (Å²) in [4.78, 5) is 6.38. The molecule has 0 spiro atoms. The van der Waals surface area contributed by atoms with E-state index in [9.17, 15) is 0 Å². The van der Waals surface area contributed by atoms with E-state index >= 15 is 0 Å². The molecule has 0 aromatic heterocycles. The smallest absolute Gasteiger partial charge is 0.191 e. The second kappa shape index (κ2) is 8.29. The number of hydrogen-bond donors (Lipinski definition) is 2. The van der Waals surface area contributed by atoms with E-state index in [4.69, 9.17) is 0 Å². The summed E-state index contributed by atoms with van der Waals surface area (Å²) in [7, 11) is 3.89. The second-order valence-corrected chi connectivity index (χ2v) is 3.74. The van der Waals surface area contributed by atoms with Crippen molar-refractivity contribution < 1.29 is 0 Å². The molecule has 0 rings (SSSR count). The summed E-state index contributed by atoms with van der Waals surface area (Å²) in [5, 5.41) is 6.36.